The van der Waals surface area contributed by atoms with Crippen molar-refractivity contribution in [1.29, 1.82) is 0 Å². The van der Waals surface area contributed by atoms with Gasteiger partial charge in [-0.3, -0.25) is 0 Å². The third-order valence-electron chi connectivity index (χ3n) is 3.63. The summed E-state index contributed by atoms with van der Waals surface area (Å²) < 4.78 is 0. The van der Waals surface area contributed by atoms with Gasteiger partial charge in [-0.1, -0.05) is 24.6 Å². The minimum absolute atomic E-state index is 0.488. The molecule has 1 fully saturated rings. The van der Waals surface area contributed by atoms with Crippen molar-refractivity contribution in [2.75, 3.05) is 23.9 Å². The Labute approximate surface area is 113 Å². The maximum absolute atomic E-state index is 4.51. The molecule has 1 aromatic heterocycles. The van der Waals surface area contributed by atoms with E-state index >= 15 is 0 Å². The van der Waals surface area contributed by atoms with Crippen molar-refractivity contribution in [2.45, 2.75) is 43.8 Å². The Morgan fingerprint density at radius 3 is 2.56 bits per heavy atom. The first-order valence-corrected chi connectivity index (χ1v) is 7.82. The molecule has 0 radical (unpaired) electrons. The Kier molecular flexibility index (Phi) is 4.69. The Morgan fingerprint density at radius 2 is 1.94 bits per heavy atom. The van der Waals surface area contributed by atoms with Crippen LogP contribution in [0, 0.1) is 5.92 Å². The molecule has 4 nitrogen and oxygen atoms in total. The molecule has 5 heteroatoms. The summed E-state index contributed by atoms with van der Waals surface area (Å²) in [6.07, 6.45) is 7.43. The van der Waals surface area contributed by atoms with E-state index in [-0.39, 0.29) is 0 Å². The molecule has 1 saturated carbocycles. The van der Waals surface area contributed by atoms with Gasteiger partial charge in [0.05, 0.1) is 0 Å². The molecule has 0 spiro atoms. The lowest BCUT2D eigenvalue weighted by Crippen LogP contribution is -2.24. The summed E-state index contributed by atoms with van der Waals surface area (Å²) in [5, 5.41) is 7.42. The van der Waals surface area contributed by atoms with Gasteiger partial charge >= 0.3 is 0 Å². The summed E-state index contributed by atoms with van der Waals surface area (Å²) in [5.41, 5.74) is 0. The first-order valence-electron chi connectivity index (χ1n) is 6.60. The Balaban J connectivity index is 2.07. The van der Waals surface area contributed by atoms with Crippen LogP contribution in [0.3, 0.4) is 0 Å². The highest BCUT2D eigenvalue weighted by Crippen LogP contribution is 2.29. The summed E-state index contributed by atoms with van der Waals surface area (Å²) in [5.74, 6) is 2.59. The zero-order valence-electron chi connectivity index (χ0n) is 11.4. The van der Waals surface area contributed by atoms with Crippen LogP contribution in [0.25, 0.3) is 0 Å². The summed E-state index contributed by atoms with van der Waals surface area (Å²) >= 11 is 1.57. The zero-order chi connectivity index (χ0) is 13.0. The van der Waals surface area contributed by atoms with E-state index in [1.54, 1.807) is 11.8 Å². The second-order valence-electron chi connectivity index (χ2n) is 4.85. The maximum atomic E-state index is 4.51. The van der Waals surface area contributed by atoms with Crippen LogP contribution in [0.2, 0.25) is 0 Å². The molecule has 1 aromatic rings. The highest BCUT2D eigenvalue weighted by atomic mass is 32.2. The molecule has 1 aliphatic carbocycles. The van der Waals surface area contributed by atoms with E-state index in [9.17, 15) is 0 Å². The average Bonchev–Trinajstić information content (AvgIpc) is 2.92. The quantitative estimate of drug-likeness (QED) is 0.633. The molecule has 2 N–H and O–H groups in total. The van der Waals surface area contributed by atoms with E-state index in [0.29, 0.717) is 6.04 Å². The smallest absolute Gasteiger partial charge is 0.191 e. The van der Waals surface area contributed by atoms with Crippen molar-refractivity contribution in [1.82, 2.24) is 9.97 Å². The number of nitrogens with zero attached hydrogens (tertiary/aromatic N) is 2. The zero-order valence-corrected chi connectivity index (χ0v) is 12.2. The van der Waals surface area contributed by atoms with Crippen molar-refractivity contribution in [3.63, 3.8) is 0 Å². The number of rotatable bonds is 5. The molecule has 0 amide bonds. The van der Waals surface area contributed by atoms with E-state index in [1.165, 1.54) is 25.7 Å². The topological polar surface area (TPSA) is 49.8 Å². The summed E-state index contributed by atoms with van der Waals surface area (Å²) in [7, 11) is 1.89. The Bertz CT molecular complexity index is 368. The van der Waals surface area contributed by atoms with Gasteiger partial charge < -0.3 is 10.6 Å². The number of thioether (sulfide) groups is 1. The van der Waals surface area contributed by atoms with Crippen molar-refractivity contribution >= 4 is 23.4 Å². The van der Waals surface area contributed by atoms with E-state index in [0.717, 1.165) is 22.7 Å². The van der Waals surface area contributed by atoms with Gasteiger partial charge in [0.2, 0.25) is 0 Å². The van der Waals surface area contributed by atoms with Gasteiger partial charge in [0, 0.05) is 19.2 Å². The predicted octanol–water partition coefficient (Wildman–Crippen LogP) is 3.23. The molecule has 1 heterocycles. The van der Waals surface area contributed by atoms with E-state index < -0.39 is 0 Å². The largest absolute Gasteiger partial charge is 0.373 e. The normalized spacial score (nSPS) is 17.7. The van der Waals surface area contributed by atoms with Crippen molar-refractivity contribution in [3.05, 3.63) is 6.07 Å². The van der Waals surface area contributed by atoms with Crippen LogP contribution in [0.1, 0.15) is 32.6 Å². The van der Waals surface area contributed by atoms with Crippen LogP contribution in [0.15, 0.2) is 11.2 Å². The first kappa shape index (κ1) is 13.5. The van der Waals surface area contributed by atoms with Crippen LogP contribution in [0.5, 0.6) is 0 Å². The summed E-state index contributed by atoms with van der Waals surface area (Å²) in [6, 6.07) is 2.47. The van der Waals surface area contributed by atoms with Crippen molar-refractivity contribution in [2.24, 2.45) is 5.92 Å². The molecule has 1 atom stereocenters. The third kappa shape index (κ3) is 3.28. The third-order valence-corrected chi connectivity index (χ3v) is 4.17. The van der Waals surface area contributed by atoms with Crippen LogP contribution < -0.4 is 10.6 Å². The SMILES string of the molecule is CNc1cc(NC(C)C2CCCC2)nc(SC)n1. The van der Waals surface area contributed by atoms with E-state index in [1.807, 2.05) is 19.4 Å². The molecule has 1 aliphatic rings. The fraction of sp³-hybridized carbons (Fsp3) is 0.692. The highest BCUT2D eigenvalue weighted by Gasteiger charge is 2.21. The number of aromatic nitrogens is 2. The lowest BCUT2D eigenvalue weighted by Gasteiger charge is -2.21. The number of nitrogens with one attached hydrogen (secondary N) is 2. The lowest BCUT2D eigenvalue weighted by molar-refractivity contribution is 0.481. The second-order valence-corrected chi connectivity index (χ2v) is 5.63. The minimum atomic E-state index is 0.488. The molecular formula is C13H22N4S. The molecule has 2 rings (SSSR count). The monoisotopic (exact) mass is 266 g/mol. The van der Waals surface area contributed by atoms with Crippen LogP contribution in [-0.4, -0.2) is 29.3 Å². The van der Waals surface area contributed by atoms with E-state index in [4.69, 9.17) is 0 Å². The van der Waals surface area contributed by atoms with Gasteiger partial charge in [-0.05, 0) is 31.9 Å². The Morgan fingerprint density at radius 1 is 1.28 bits per heavy atom. The van der Waals surface area contributed by atoms with Gasteiger partial charge in [-0.25, -0.2) is 9.97 Å². The molecule has 18 heavy (non-hydrogen) atoms. The standard InChI is InChI=1S/C13H22N4S/c1-9(10-6-4-5-7-10)15-12-8-11(14-2)16-13(17-12)18-3/h8-10H,4-7H2,1-3H3,(H2,14,15,16,17). The molecule has 0 aromatic carbocycles. The van der Waals surface area contributed by atoms with Crippen molar-refractivity contribution < 1.29 is 0 Å². The number of anilines is 2. The van der Waals surface area contributed by atoms with Crippen LogP contribution in [-0.2, 0) is 0 Å². The summed E-state index contributed by atoms with van der Waals surface area (Å²) in [4.78, 5) is 8.89. The Hall–Kier alpha value is -0.970. The maximum Gasteiger partial charge on any atom is 0.191 e. The first-order chi connectivity index (χ1) is 8.72. The molecule has 0 bridgehead atoms. The van der Waals surface area contributed by atoms with Gasteiger partial charge in [0.25, 0.3) is 0 Å². The van der Waals surface area contributed by atoms with Crippen LogP contribution >= 0.6 is 11.8 Å². The van der Waals surface area contributed by atoms with Gasteiger partial charge in [0.15, 0.2) is 5.16 Å². The average molecular weight is 266 g/mol. The fourth-order valence-electron chi connectivity index (χ4n) is 2.53. The van der Waals surface area contributed by atoms with Gasteiger partial charge in [-0.15, -0.1) is 0 Å². The summed E-state index contributed by atoms with van der Waals surface area (Å²) in [6.45, 7) is 2.26. The predicted molar refractivity (Wildman–Crippen MR) is 78.4 cm³/mol. The highest BCUT2D eigenvalue weighted by molar-refractivity contribution is 7.98. The minimum Gasteiger partial charge on any atom is -0.373 e. The second kappa shape index (κ2) is 6.27. The van der Waals surface area contributed by atoms with Crippen LogP contribution in [0.4, 0.5) is 11.6 Å². The fourth-order valence-corrected chi connectivity index (χ4v) is 2.91. The van der Waals surface area contributed by atoms with Crippen molar-refractivity contribution in [3.8, 4) is 0 Å². The van der Waals surface area contributed by atoms with Gasteiger partial charge in [0.1, 0.15) is 11.6 Å². The molecule has 100 valence electrons. The van der Waals surface area contributed by atoms with E-state index in [2.05, 4.69) is 27.5 Å². The lowest BCUT2D eigenvalue weighted by atomic mass is 10.00. The molecule has 1 unspecified atom stereocenters. The number of hydrogen-bond acceptors (Lipinski definition) is 5. The molecule has 0 aliphatic heterocycles. The molecular weight excluding hydrogens is 244 g/mol. The number of hydrogen-bond donors (Lipinski definition) is 2. The van der Waals surface area contributed by atoms with Gasteiger partial charge in [-0.2, -0.15) is 0 Å². The molecule has 0 saturated heterocycles.